The second-order valence-corrected chi connectivity index (χ2v) is 6.25. The van der Waals surface area contributed by atoms with Crippen molar-refractivity contribution in [3.05, 3.63) is 71.8 Å². The summed E-state index contributed by atoms with van der Waals surface area (Å²) in [5.41, 5.74) is 1.41. The van der Waals surface area contributed by atoms with Crippen LogP contribution in [-0.4, -0.2) is 24.3 Å². The Bertz CT molecular complexity index is 656. The van der Waals surface area contributed by atoms with Crippen LogP contribution in [0.4, 0.5) is 0 Å². The average molecular weight is 326 g/mol. The van der Waals surface area contributed by atoms with Crippen LogP contribution in [0.2, 0.25) is 0 Å². The van der Waals surface area contributed by atoms with E-state index in [2.05, 4.69) is 0 Å². The predicted octanol–water partition coefficient (Wildman–Crippen LogP) is 3.49. The number of rotatable bonds is 7. The molecular formula is C20H22O4. The molecule has 0 aliphatic carbocycles. The summed E-state index contributed by atoms with van der Waals surface area (Å²) in [6.07, 6.45) is -0.0427. The van der Waals surface area contributed by atoms with Gasteiger partial charge in [0.05, 0.1) is 26.2 Å². The van der Waals surface area contributed by atoms with Crippen LogP contribution < -0.4 is 0 Å². The smallest absolute Gasteiger partial charge is 0.309 e. The Morgan fingerprint density at radius 3 is 2.21 bits per heavy atom. The molecule has 126 valence electrons. The fourth-order valence-corrected chi connectivity index (χ4v) is 2.81. The van der Waals surface area contributed by atoms with Crippen LogP contribution in [0, 0.1) is 0 Å². The molecule has 1 saturated heterocycles. The molecule has 1 heterocycles. The van der Waals surface area contributed by atoms with Gasteiger partial charge in [0.15, 0.2) is 5.60 Å². The van der Waals surface area contributed by atoms with E-state index in [1.807, 2.05) is 67.6 Å². The molecule has 0 radical (unpaired) electrons. The molecule has 4 heteroatoms. The zero-order valence-electron chi connectivity index (χ0n) is 13.8. The Balaban J connectivity index is 1.55. The first-order chi connectivity index (χ1) is 11.7. The molecule has 4 nitrogen and oxygen atoms in total. The molecule has 0 spiro atoms. The van der Waals surface area contributed by atoms with E-state index in [-0.39, 0.29) is 18.5 Å². The van der Waals surface area contributed by atoms with Gasteiger partial charge in [-0.3, -0.25) is 4.79 Å². The summed E-state index contributed by atoms with van der Waals surface area (Å²) in [5, 5.41) is 0. The maximum absolute atomic E-state index is 11.8. The van der Waals surface area contributed by atoms with E-state index in [4.69, 9.17) is 14.2 Å². The standard InChI is InChI=1S/C20H22O4/c1-20(15-22-13-16-8-4-2-5-9-16)18(12-19(21)24-20)23-14-17-10-6-3-7-11-17/h2-11,18H,12-15H2,1H3/t18-,20+/m0/s1. The molecular weight excluding hydrogens is 304 g/mol. The number of carbonyl (C=O) groups excluding carboxylic acids is 1. The van der Waals surface area contributed by atoms with E-state index in [1.165, 1.54) is 0 Å². The predicted molar refractivity (Wildman–Crippen MR) is 90.2 cm³/mol. The summed E-state index contributed by atoms with van der Waals surface area (Å²) in [5.74, 6) is -0.237. The number of esters is 1. The molecule has 0 N–H and O–H groups in total. The first-order valence-electron chi connectivity index (χ1n) is 8.15. The third-order valence-corrected chi connectivity index (χ3v) is 4.17. The number of hydrogen-bond acceptors (Lipinski definition) is 4. The van der Waals surface area contributed by atoms with Crippen molar-refractivity contribution in [3.8, 4) is 0 Å². The Labute approximate surface area is 142 Å². The first-order valence-corrected chi connectivity index (χ1v) is 8.15. The van der Waals surface area contributed by atoms with Crippen molar-refractivity contribution in [3.63, 3.8) is 0 Å². The lowest BCUT2D eigenvalue weighted by Crippen LogP contribution is -2.42. The largest absolute Gasteiger partial charge is 0.454 e. The second kappa shape index (κ2) is 7.60. The summed E-state index contributed by atoms with van der Waals surface area (Å²) in [6, 6.07) is 19.8. The Morgan fingerprint density at radius 1 is 1.00 bits per heavy atom. The molecule has 2 atom stereocenters. The van der Waals surface area contributed by atoms with Gasteiger partial charge < -0.3 is 14.2 Å². The Kier molecular flexibility index (Phi) is 5.28. The number of cyclic esters (lactones) is 1. The molecule has 24 heavy (non-hydrogen) atoms. The molecule has 3 rings (SSSR count). The summed E-state index contributed by atoms with van der Waals surface area (Å²) in [4.78, 5) is 11.8. The van der Waals surface area contributed by atoms with Gasteiger partial charge in [0.2, 0.25) is 0 Å². The summed E-state index contributed by atoms with van der Waals surface area (Å²) in [7, 11) is 0. The third kappa shape index (κ3) is 4.22. The average Bonchev–Trinajstić information content (AvgIpc) is 2.89. The highest BCUT2D eigenvalue weighted by atomic mass is 16.6. The lowest BCUT2D eigenvalue weighted by Gasteiger charge is -2.29. The molecule has 0 unspecified atom stereocenters. The van der Waals surface area contributed by atoms with Gasteiger partial charge in [-0.25, -0.2) is 0 Å². The normalized spacial score (nSPS) is 23.2. The molecule has 1 fully saturated rings. The topological polar surface area (TPSA) is 44.8 Å². The minimum absolute atomic E-state index is 0.237. The van der Waals surface area contributed by atoms with Crippen molar-refractivity contribution < 1.29 is 19.0 Å². The van der Waals surface area contributed by atoms with Gasteiger partial charge in [-0.05, 0) is 18.1 Å². The first kappa shape index (κ1) is 16.7. The van der Waals surface area contributed by atoms with E-state index < -0.39 is 5.60 Å². The molecule has 0 saturated carbocycles. The maximum Gasteiger partial charge on any atom is 0.309 e. The minimum Gasteiger partial charge on any atom is -0.454 e. The van der Waals surface area contributed by atoms with E-state index in [0.29, 0.717) is 19.8 Å². The van der Waals surface area contributed by atoms with Crippen LogP contribution in [0.1, 0.15) is 24.5 Å². The highest BCUT2D eigenvalue weighted by Gasteiger charge is 2.46. The fourth-order valence-electron chi connectivity index (χ4n) is 2.81. The summed E-state index contributed by atoms with van der Waals surface area (Å²) in [6.45, 7) is 3.13. The lowest BCUT2D eigenvalue weighted by molar-refractivity contribution is -0.159. The molecule has 2 aromatic carbocycles. The van der Waals surface area contributed by atoms with E-state index >= 15 is 0 Å². The highest BCUT2D eigenvalue weighted by Crippen LogP contribution is 2.31. The van der Waals surface area contributed by atoms with Gasteiger partial charge in [-0.15, -0.1) is 0 Å². The lowest BCUT2D eigenvalue weighted by atomic mass is 10.00. The number of hydrogen-bond donors (Lipinski definition) is 0. The molecule has 2 aromatic rings. The number of benzene rings is 2. The van der Waals surface area contributed by atoms with E-state index in [9.17, 15) is 4.79 Å². The van der Waals surface area contributed by atoms with Crippen LogP contribution in [-0.2, 0) is 32.2 Å². The second-order valence-electron chi connectivity index (χ2n) is 6.25. The van der Waals surface area contributed by atoms with Gasteiger partial charge in [0, 0.05) is 0 Å². The zero-order chi connectivity index (χ0) is 16.8. The molecule has 0 bridgehead atoms. The van der Waals surface area contributed by atoms with Crippen LogP contribution in [0.5, 0.6) is 0 Å². The minimum atomic E-state index is -0.749. The van der Waals surface area contributed by atoms with Gasteiger partial charge in [0.25, 0.3) is 0 Å². The quantitative estimate of drug-likeness (QED) is 0.731. The third-order valence-electron chi connectivity index (χ3n) is 4.17. The van der Waals surface area contributed by atoms with Crippen molar-refractivity contribution in [1.82, 2.24) is 0 Å². The number of carbonyl (C=O) groups is 1. The fraction of sp³-hybridized carbons (Fsp3) is 0.350. The van der Waals surface area contributed by atoms with Crippen molar-refractivity contribution in [2.75, 3.05) is 6.61 Å². The van der Waals surface area contributed by atoms with Crippen LogP contribution in [0.25, 0.3) is 0 Å². The van der Waals surface area contributed by atoms with Gasteiger partial charge in [-0.1, -0.05) is 60.7 Å². The Morgan fingerprint density at radius 2 is 1.58 bits per heavy atom. The Hall–Kier alpha value is -2.17. The molecule has 1 aliphatic heterocycles. The van der Waals surface area contributed by atoms with Crippen molar-refractivity contribution in [2.45, 2.75) is 38.3 Å². The van der Waals surface area contributed by atoms with Gasteiger partial charge in [-0.2, -0.15) is 0 Å². The van der Waals surface area contributed by atoms with E-state index in [1.54, 1.807) is 0 Å². The SMILES string of the molecule is C[C@]1(COCc2ccccc2)OC(=O)C[C@@H]1OCc1ccccc1. The molecule has 0 aromatic heterocycles. The van der Waals surface area contributed by atoms with E-state index in [0.717, 1.165) is 11.1 Å². The molecule has 0 amide bonds. The summed E-state index contributed by atoms with van der Waals surface area (Å²) < 4.78 is 17.2. The van der Waals surface area contributed by atoms with Crippen molar-refractivity contribution in [2.24, 2.45) is 0 Å². The monoisotopic (exact) mass is 326 g/mol. The summed E-state index contributed by atoms with van der Waals surface area (Å²) >= 11 is 0. The van der Waals surface area contributed by atoms with Gasteiger partial charge in [0.1, 0.15) is 6.10 Å². The molecule has 1 aliphatic rings. The zero-order valence-corrected chi connectivity index (χ0v) is 13.8. The van der Waals surface area contributed by atoms with Crippen molar-refractivity contribution >= 4 is 5.97 Å². The highest BCUT2D eigenvalue weighted by molar-refractivity contribution is 5.73. The van der Waals surface area contributed by atoms with Crippen LogP contribution >= 0.6 is 0 Å². The number of ether oxygens (including phenoxy) is 3. The maximum atomic E-state index is 11.8. The van der Waals surface area contributed by atoms with Gasteiger partial charge >= 0.3 is 5.97 Å². The van der Waals surface area contributed by atoms with Crippen LogP contribution in [0.3, 0.4) is 0 Å². The van der Waals surface area contributed by atoms with Crippen LogP contribution in [0.15, 0.2) is 60.7 Å². The van der Waals surface area contributed by atoms with Crippen molar-refractivity contribution in [1.29, 1.82) is 0 Å².